The van der Waals surface area contributed by atoms with Gasteiger partial charge < -0.3 is 10.2 Å². The van der Waals surface area contributed by atoms with Crippen molar-refractivity contribution in [1.82, 2.24) is 9.88 Å². The lowest BCUT2D eigenvalue weighted by Gasteiger charge is -2.10. The van der Waals surface area contributed by atoms with Crippen LogP contribution in [0.4, 0.5) is 5.82 Å². The number of nitrogens with one attached hydrogen (secondary N) is 1. The number of aromatic nitrogens is 1. The summed E-state index contributed by atoms with van der Waals surface area (Å²) < 4.78 is 0. The maximum atomic E-state index is 4.02. The van der Waals surface area contributed by atoms with Gasteiger partial charge in [0.15, 0.2) is 0 Å². The first kappa shape index (κ1) is 9.00. The summed E-state index contributed by atoms with van der Waals surface area (Å²) >= 11 is 0. The van der Waals surface area contributed by atoms with Gasteiger partial charge in [0.1, 0.15) is 5.82 Å². The zero-order valence-electron chi connectivity index (χ0n) is 7.54. The van der Waals surface area contributed by atoms with Crippen molar-refractivity contribution in [3.8, 4) is 0 Å². The third kappa shape index (κ3) is 3.34. The average Bonchev–Trinajstić information content (AvgIpc) is 2.05. The van der Waals surface area contributed by atoms with E-state index in [0.717, 1.165) is 18.9 Å². The maximum absolute atomic E-state index is 4.02. The Labute approximate surface area is 73.4 Å². The molecule has 0 atom stereocenters. The van der Waals surface area contributed by atoms with Crippen LogP contribution in [0.2, 0.25) is 0 Å². The van der Waals surface area contributed by atoms with E-state index in [4.69, 9.17) is 0 Å². The van der Waals surface area contributed by atoms with Crippen molar-refractivity contribution >= 4 is 5.82 Å². The van der Waals surface area contributed by atoms with E-state index in [1.807, 2.05) is 26.2 Å². The minimum atomic E-state index is 0.888. The van der Waals surface area contributed by atoms with Crippen LogP contribution in [0.1, 0.15) is 0 Å². The van der Waals surface area contributed by atoms with Crippen LogP contribution >= 0.6 is 0 Å². The van der Waals surface area contributed by atoms with Crippen LogP contribution in [0, 0.1) is 6.20 Å². The molecule has 0 aliphatic heterocycles. The summed E-state index contributed by atoms with van der Waals surface area (Å²) in [4.78, 5) is 6.15. The average molecular weight is 164 g/mol. The molecule has 3 nitrogen and oxygen atoms in total. The largest absolute Gasteiger partial charge is 0.369 e. The molecule has 1 N–H and O–H groups in total. The molecule has 65 valence electrons. The summed E-state index contributed by atoms with van der Waals surface area (Å²) in [6, 6.07) is 5.65. The highest BCUT2D eigenvalue weighted by molar-refractivity contribution is 5.32. The Morgan fingerprint density at radius 1 is 1.58 bits per heavy atom. The normalized spacial score (nSPS) is 10.2. The molecule has 12 heavy (non-hydrogen) atoms. The highest BCUT2D eigenvalue weighted by Gasteiger charge is 1.91. The lowest BCUT2D eigenvalue weighted by molar-refractivity contribution is 0.425. The molecule has 0 spiro atoms. The molecule has 1 radical (unpaired) electrons. The Morgan fingerprint density at radius 3 is 3.00 bits per heavy atom. The van der Waals surface area contributed by atoms with Crippen molar-refractivity contribution in [3.63, 3.8) is 0 Å². The van der Waals surface area contributed by atoms with E-state index in [9.17, 15) is 0 Å². The van der Waals surface area contributed by atoms with Gasteiger partial charge in [-0.15, -0.1) is 0 Å². The standard InChI is InChI=1S/C9H14N3/c1-12(2)8-7-11-9-5-3-4-6-10-9/h3-5H,7-8H2,1-2H3,(H,10,11). The Bertz CT molecular complexity index is 208. The van der Waals surface area contributed by atoms with E-state index >= 15 is 0 Å². The molecule has 0 amide bonds. The lowest BCUT2D eigenvalue weighted by Crippen LogP contribution is -2.21. The molecule has 0 bridgehead atoms. The van der Waals surface area contributed by atoms with Crippen LogP contribution in [0.3, 0.4) is 0 Å². The molecule has 0 saturated carbocycles. The van der Waals surface area contributed by atoms with Crippen molar-refractivity contribution in [2.24, 2.45) is 0 Å². The quantitative estimate of drug-likeness (QED) is 0.715. The second kappa shape index (κ2) is 4.72. The summed E-state index contributed by atoms with van der Waals surface area (Å²) in [6.07, 6.45) is 2.77. The van der Waals surface area contributed by atoms with Gasteiger partial charge in [-0.2, -0.15) is 0 Å². The third-order valence-corrected chi connectivity index (χ3v) is 1.47. The number of nitrogens with zero attached hydrogens (tertiary/aromatic N) is 2. The van der Waals surface area contributed by atoms with Gasteiger partial charge in [0.25, 0.3) is 0 Å². The first-order chi connectivity index (χ1) is 5.79. The van der Waals surface area contributed by atoms with Crippen molar-refractivity contribution in [3.05, 3.63) is 24.4 Å². The Balaban J connectivity index is 2.25. The van der Waals surface area contributed by atoms with Gasteiger partial charge in [-0.1, -0.05) is 6.07 Å². The molecule has 0 aliphatic rings. The molecule has 0 aliphatic carbocycles. The summed E-state index contributed by atoms with van der Waals surface area (Å²) in [5.74, 6) is 0.888. The Morgan fingerprint density at radius 2 is 2.42 bits per heavy atom. The van der Waals surface area contributed by atoms with E-state index in [-0.39, 0.29) is 0 Å². The molecule has 1 rings (SSSR count). The highest BCUT2D eigenvalue weighted by atomic mass is 15.1. The van der Waals surface area contributed by atoms with Crippen LogP contribution in [-0.4, -0.2) is 37.1 Å². The first-order valence-corrected chi connectivity index (χ1v) is 4.01. The predicted octanol–water partition coefficient (Wildman–Crippen LogP) is 0.855. The molecule has 0 fully saturated rings. The molecule has 0 saturated heterocycles. The number of hydrogen-bond acceptors (Lipinski definition) is 3. The number of likely N-dealkylation sites (N-methyl/N-ethyl adjacent to an activating group) is 1. The van der Waals surface area contributed by atoms with Crippen molar-refractivity contribution in [2.45, 2.75) is 0 Å². The van der Waals surface area contributed by atoms with Gasteiger partial charge in [-0.25, -0.2) is 4.98 Å². The number of hydrogen-bond donors (Lipinski definition) is 1. The highest BCUT2D eigenvalue weighted by Crippen LogP contribution is 1.97. The minimum absolute atomic E-state index is 0.888. The number of rotatable bonds is 4. The van der Waals surface area contributed by atoms with Crippen LogP contribution < -0.4 is 5.32 Å². The van der Waals surface area contributed by atoms with Crippen LogP contribution in [0.5, 0.6) is 0 Å². The first-order valence-electron chi connectivity index (χ1n) is 4.01. The third-order valence-electron chi connectivity index (χ3n) is 1.47. The molecule has 0 aromatic carbocycles. The maximum Gasteiger partial charge on any atom is 0.126 e. The van der Waals surface area contributed by atoms with E-state index in [1.54, 1.807) is 6.07 Å². The van der Waals surface area contributed by atoms with Crippen LogP contribution in [0.25, 0.3) is 0 Å². The van der Waals surface area contributed by atoms with Crippen LogP contribution in [0.15, 0.2) is 18.2 Å². The van der Waals surface area contributed by atoms with Crippen molar-refractivity contribution < 1.29 is 0 Å². The Hall–Kier alpha value is -1.09. The molecular weight excluding hydrogens is 150 g/mol. The fourth-order valence-corrected chi connectivity index (χ4v) is 0.832. The zero-order valence-corrected chi connectivity index (χ0v) is 7.54. The van der Waals surface area contributed by atoms with Crippen molar-refractivity contribution in [1.29, 1.82) is 0 Å². The Kier molecular flexibility index (Phi) is 3.54. The summed E-state index contributed by atoms with van der Waals surface area (Å²) in [5, 5.41) is 3.19. The summed E-state index contributed by atoms with van der Waals surface area (Å²) in [6.45, 7) is 1.93. The number of anilines is 1. The van der Waals surface area contributed by atoms with Gasteiger partial charge >= 0.3 is 0 Å². The van der Waals surface area contributed by atoms with Gasteiger partial charge in [-0.3, -0.25) is 0 Å². The topological polar surface area (TPSA) is 28.2 Å². The van der Waals surface area contributed by atoms with E-state index in [2.05, 4.69) is 21.4 Å². The van der Waals surface area contributed by atoms with E-state index in [1.165, 1.54) is 0 Å². The smallest absolute Gasteiger partial charge is 0.126 e. The van der Waals surface area contributed by atoms with Gasteiger partial charge in [0, 0.05) is 13.1 Å². The summed E-state index contributed by atoms with van der Waals surface area (Å²) in [5.41, 5.74) is 0. The van der Waals surface area contributed by atoms with E-state index < -0.39 is 0 Å². The SMILES string of the molecule is CN(C)CCNc1ccc[c]n1. The molecule has 3 heteroatoms. The minimum Gasteiger partial charge on any atom is -0.369 e. The van der Waals surface area contributed by atoms with Crippen LogP contribution in [-0.2, 0) is 0 Å². The fourth-order valence-electron chi connectivity index (χ4n) is 0.832. The fraction of sp³-hybridized carbons (Fsp3) is 0.444. The zero-order chi connectivity index (χ0) is 8.81. The van der Waals surface area contributed by atoms with Gasteiger partial charge in [0.05, 0.1) is 6.20 Å². The molecule has 1 aromatic heterocycles. The second-order valence-electron chi connectivity index (χ2n) is 2.88. The summed E-state index contributed by atoms with van der Waals surface area (Å²) in [7, 11) is 4.10. The molecular formula is C9H14N3. The van der Waals surface area contributed by atoms with Gasteiger partial charge in [-0.05, 0) is 26.2 Å². The second-order valence-corrected chi connectivity index (χ2v) is 2.88. The lowest BCUT2D eigenvalue weighted by atomic mass is 10.4. The van der Waals surface area contributed by atoms with Crippen molar-refractivity contribution in [2.75, 3.05) is 32.5 Å². The predicted molar refractivity (Wildman–Crippen MR) is 50.1 cm³/mol. The number of pyridine rings is 1. The molecule has 1 heterocycles. The molecule has 1 aromatic rings. The van der Waals surface area contributed by atoms with Gasteiger partial charge in [0.2, 0.25) is 0 Å². The monoisotopic (exact) mass is 164 g/mol. The molecule has 0 unspecified atom stereocenters. The van der Waals surface area contributed by atoms with E-state index in [0.29, 0.717) is 0 Å².